The predicted octanol–water partition coefficient (Wildman–Crippen LogP) is 2.09. The topological polar surface area (TPSA) is 71.4 Å². The van der Waals surface area contributed by atoms with E-state index in [2.05, 4.69) is 10.2 Å². The summed E-state index contributed by atoms with van der Waals surface area (Å²) in [4.78, 5) is 14.3. The maximum absolute atomic E-state index is 12.6. The van der Waals surface area contributed by atoms with Gasteiger partial charge in [-0.1, -0.05) is 0 Å². The molecule has 0 spiro atoms. The smallest absolute Gasteiger partial charge is 0.257 e. The molecule has 3 rings (SSSR count). The summed E-state index contributed by atoms with van der Waals surface area (Å²) in [6.45, 7) is 3.80. The molecule has 0 unspecified atom stereocenters. The number of ether oxygens (including phenoxy) is 1. The zero-order chi connectivity index (χ0) is 14.8. The van der Waals surface area contributed by atoms with Crippen molar-refractivity contribution in [3.63, 3.8) is 0 Å². The van der Waals surface area contributed by atoms with E-state index in [1.54, 1.807) is 24.4 Å². The molecule has 1 atom stereocenters. The molecule has 1 amide bonds. The third-order valence-corrected chi connectivity index (χ3v) is 3.96. The minimum atomic E-state index is -0.0359. The van der Waals surface area contributed by atoms with E-state index in [1.165, 1.54) is 0 Å². The second-order valence-corrected chi connectivity index (χ2v) is 5.42. The normalized spacial score (nSPS) is 18.1. The van der Waals surface area contributed by atoms with Crippen LogP contribution in [0.15, 0.2) is 22.9 Å². The highest BCUT2D eigenvalue weighted by Crippen LogP contribution is 2.27. The van der Waals surface area contributed by atoms with Crippen LogP contribution >= 0.6 is 0 Å². The van der Waals surface area contributed by atoms with Crippen molar-refractivity contribution in [2.24, 2.45) is 0 Å². The van der Waals surface area contributed by atoms with Gasteiger partial charge in [0.15, 0.2) is 0 Å². The zero-order valence-corrected chi connectivity index (χ0v) is 12.3. The second-order valence-electron chi connectivity index (χ2n) is 5.42. The quantitative estimate of drug-likeness (QED) is 0.935. The molecule has 0 aromatic carbocycles. The largest absolute Gasteiger partial charge is 0.469 e. The average Bonchev–Trinajstić information content (AvgIpc) is 3.18. The monoisotopic (exact) mass is 289 g/mol. The first-order chi connectivity index (χ1) is 10.2. The van der Waals surface area contributed by atoms with Crippen molar-refractivity contribution in [2.75, 3.05) is 20.3 Å². The van der Waals surface area contributed by atoms with Gasteiger partial charge in [0.05, 0.1) is 30.3 Å². The van der Waals surface area contributed by atoms with E-state index in [0.717, 1.165) is 30.0 Å². The Morgan fingerprint density at radius 1 is 1.57 bits per heavy atom. The fourth-order valence-corrected chi connectivity index (χ4v) is 2.65. The Morgan fingerprint density at radius 3 is 3.10 bits per heavy atom. The van der Waals surface area contributed by atoms with Crippen LogP contribution in [0.25, 0.3) is 0 Å². The summed E-state index contributed by atoms with van der Waals surface area (Å²) < 4.78 is 10.7. The highest BCUT2D eigenvalue weighted by atomic mass is 16.5. The van der Waals surface area contributed by atoms with Gasteiger partial charge in [-0.3, -0.25) is 9.89 Å². The summed E-state index contributed by atoms with van der Waals surface area (Å²) in [6, 6.07) is 1.89. The Kier molecular flexibility index (Phi) is 3.79. The van der Waals surface area contributed by atoms with E-state index in [4.69, 9.17) is 9.15 Å². The Hall–Kier alpha value is -2.08. The number of rotatable bonds is 4. The third kappa shape index (κ3) is 2.71. The van der Waals surface area contributed by atoms with Crippen molar-refractivity contribution in [1.29, 1.82) is 0 Å². The van der Waals surface area contributed by atoms with Gasteiger partial charge in [0.1, 0.15) is 5.76 Å². The van der Waals surface area contributed by atoms with Gasteiger partial charge in [0, 0.05) is 31.7 Å². The Balaban J connectivity index is 1.76. The third-order valence-electron chi connectivity index (χ3n) is 3.96. The molecule has 1 N–H and O–H groups in total. The number of aromatic amines is 1. The van der Waals surface area contributed by atoms with Crippen LogP contribution in [0.4, 0.5) is 0 Å². The molecule has 21 heavy (non-hydrogen) atoms. The van der Waals surface area contributed by atoms with Gasteiger partial charge in [-0.05, 0) is 19.4 Å². The number of H-pyrrole nitrogens is 1. The summed E-state index contributed by atoms with van der Waals surface area (Å²) in [5.41, 5.74) is 2.53. The van der Waals surface area contributed by atoms with Gasteiger partial charge >= 0.3 is 0 Å². The second kappa shape index (κ2) is 5.73. The Morgan fingerprint density at radius 2 is 2.43 bits per heavy atom. The van der Waals surface area contributed by atoms with Crippen molar-refractivity contribution in [3.8, 4) is 0 Å². The van der Waals surface area contributed by atoms with Gasteiger partial charge in [-0.2, -0.15) is 5.10 Å². The number of nitrogens with one attached hydrogen (secondary N) is 1. The van der Waals surface area contributed by atoms with Crippen molar-refractivity contribution < 1.29 is 13.9 Å². The summed E-state index contributed by atoms with van der Waals surface area (Å²) in [6.07, 6.45) is 4.17. The number of hydrogen-bond acceptors (Lipinski definition) is 4. The van der Waals surface area contributed by atoms with Crippen molar-refractivity contribution >= 4 is 5.91 Å². The van der Waals surface area contributed by atoms with Crippen LogP contribution < -0.4 is 0 Å². The maximum atomic E-state index is 12.6. The number of carbonyl (C=O) groups excluding carboxylic acids is 1. The molecule has 112 valence electrons. The summed E-state index contributed by atoms with van der Waals surface area (Å²) in [5, 5.41) is 7.00. The minimum Gasteiger partial charge on any atom is -0.469 e. The number of aryl methyl sites for hydroxylation is 1. The lowest BCUT2D eigenvalue weighted by Crippen LogP contribution is -2.27. The molecule has 1 aliphatic heterocycles. The highest BCUT2D eigenvalue weighted by Gasteiger charge is 2.26. The lowest BCUT2D eigenvalue weighted by atomic mass is 10.0. The molecule has 1 aliphatic rings. The molecule has 2 aromatic heterocycles. The first-order valence-electron chi connectivity index (χ1n) is 7.06. The fraction of sp³-hybridized carbons (Fsp3) is 0.467. The first-order valence-corrected chi connectivity index (χ1v) is 7.06. The standard InChI is InChI=1S/C15H19N3O3/c1-10-11(4-6-21-10)8-18(2)15(19)13-7-16-17-14(13)12-3-5-20-9-12/h4,6-7,12H,3,5,8-9H2,1-2H3,(H,16,17)/t12-/m0/s1. The number of hydrogen-bond donors (Lipinski definition) is 1. The van der Waals surface area contributed by atoms with E-state index in [0.29, 0.717) is 18.7 Å². The molecule has 6 heteroatoms. The van der Waals surface area contributed by atoms with E-state index >= 15 is 0 Å². The van der Waals surface area contributed by atoms with Crippen LogP contribution in [0.3, 0.4) is 0 Å². The average molecular weight is 289 g/mol. The van der Waals surface area contributed by atoms with Gasteiger partial charge < -0.3 is 14.1 Å². The van der Waals surface area contributed by atoms with Crippen molar-refractivity contribution in [3.05, 3.63) is 41.1 Å². The lowest BCUT2D eigenvalue weighted by Gasteiger charge is -2.17. The van der Waals surface area contributed by atoms with Crippen molar-refractivity contribution in [1.82, 2.24) is 15.1 Å². The van der Waals surface area contributed by atoms with Gasteiger partial charge in [-0.25, -0.2) is 0 Å². The molecular weight excluding hydrogens is 270 g/mol. The predicted molar refractivity (Wildman–Crippen MR) is 76.0 cm³/mol. The van der Waals surface area contributed by atoms with Gasteiger partial charge in [0.2, 0.25) is 0 Å². The minimum absolute atomic E-state index is 0.0359. The van der Waals surface area contributed by atoms with Gasteiger partial charge in [0.25, 0.3) is 5.91 Å². The van der Waals surface area contributed by atoms with Crippen LogP contribution in [0.1, 0.15) is 39.7 Å². The van der Waals surface area contributed by atoms with E-state index in [-0.39, 0.29) is 11.8 Å². The molecule has 0 radical (unpaired) electrons. The van der Waals surface area contributed by atoms with E-state index < -0.39 is 0 Å². The van der Waals surface area contributed by atoms with Gasteiger partial charge in [-0.15, -0.1) is 0 Å². The van der Waals surface area contributed by atoms with Crippen LogP contribution in [-0.2, 0) is 11.3 Å². The number of amides is 1. The molecule has 6 nitrogen and oxygen atoms in total. The summed E-state index contributed by atoms with van der Waals surface area (Å²) in [5.74, 6) is 1.04. The number of carbonyl (C=O) groups is 1. The molecule has 0 aliphatic carbocycles. The highest BCUT2D eigenvalue weighted by molar-refractivity contribution is 5.95. The van der Waals surface area contributed by atoms with Crippen LogP contribution in [-0.4, -0.2) is 41.3 Å². The summed E-state index contributed by atoms with van der Waals surface area (Å²) in [7, 11) is 1.79. The zero-order valence-electron chi connectivity index (χ0n) is 12.3. The van der Waals surface area contributed by atoms with E-state index in [9.17, 15) is 4.79 Å². The first kappa shape index (κ1) is 13.9. The Labute approximate surface area is 123 Å². The molecule has 0 saturated carbocycles. The lowest BCUT2D eigenvalue weighted by molar-refractivity contribution is 0.0783. The SMILES string of the molecule is Cc1occc1CN(C)C(=O)c1cn[nH]c1[C@H]1CCOC1. The molecule has 2 aromatic rings. The van der Waals surface area contributed by atoms with Crippen LogP contribution in [0.2, 0.25) is 0 Å². The molecule has 3 heterocycles. The molecule has 1 fully saturated rings. The molecule has 0 bridgehead atoms. The molecule has 1 saturated heterocycles. The number of nitrogens with zero attached hydrogens (tertiary/aromatic N) is 2. The molecular formula is C15H19N3O3. The Bertz CT molecular complexity index is 626. The van der Waals surface area contributed by atoms with E-state index in [1.807, 2.05) is 13.0 Å². The number of aromatic nitrogens is 2. The van der Waals surface area contributed by atoms with Crippen LogP contribution in [0.5, 0.6) is 0 Å². The van der Waals surface area contributed by atoms with Crippen molar-refractivity contribution in [2.45, 2.75) is 25.8 Å². The number of furan rings is 1. The summed E-state index contributed by atoms with van der Waals surface area (Å²) >= 11 is 0. The maximum Gasteiger partial charge on any atom is 0.257 e. The van der Waals surface area contributed by atoms with Crippen LogP contribution in [0, 0.1) is 6.92 Å². The fourth-order valence-electron chi connectivity index (χ4n) is 2.65.